The van der Waals surface area contributed by atoms with Crippen molar-refractivity contribution in [1.82, 2.24) is 19.5 Å². The van der Waals surface area contributed by atoms with Gasteiger partial charge in [-0.15, -0.1) is 0 Å². The predicted octanol–water partition coefficient (Wildman–Crippen LogP) is 3.98. The molecule has 3 heterocycles. The van der Waals surface area contributed by atoms with Crippen molar-refractivity contribution < 1.29 is 5.11 Å². The van der Waals surface area contributed by atoms with E-state index in [2.05, 4.69) is 15.0 Å². The van der Waals surface area contributed by atoms with Crippen molar-refractivity contribution in [1.29, 1.82) is 0 Å². The molecule has 0 saturated carbocycles. The van der Waals surface area contributed by atoms with Gasteiger partial charge in [0.1, 0.15) is 17.3 Å². The highest BCUT2D eigenvalue weighted by atomic mass is 16.3. The largest absolute Gasteiger partial charge is 0.506 e. The fourth-order valence-electron chi connectivity index (χ4n) is 3.39. The van der Waals surface area contributed by atoms with Crippen molar-refractivity contribution in [2.75, 3.05) is 0 Å². The van der Waals surface area contributed by atoms with Gasteiger partial charge in [-0.25, -0.2) is 9.97 Å². The van der Waals surface area contributed by atoms with E-state index in [9.17, 15) is 9.90 Å². The van der Waals surface area contributed by atoms with Crippen molar-refractivity contribution >= 4 is 23.1 Å². The maximum atomic E-state index is 13.4. The Morgan fingerprint density at radius 1 is 0.966 bits per heavy atom. The van der Waals surface area contributed by atoms with E-state index in [-0.39, 0.29) is 11.3 Å². The minimum Gasteiger partial charge on any atom is -0.506 e. The smallest absolute Gasteiger partial charge is 0.266 e. The average Bonchev–Trinajstić information content (AvgIpc) is 2.70. The molecule has 4 aromatic rings. The topological polar surface area (TPSA) is 80.9 Å². The first-order valence-corrected chi connectivity index (χ1v) is 9.24. The van der Waals surface area contributed by atoms with Gasteiger partial charge in [0.2, 0.25) is 0 Å². The van der Waals surface area contributed by atoms with E-state index in [0.717, 1.165) is 22.5 Å². The lowest BCUT2D eigenvalue weighted by Gasteiger charge is -2.16. The van der Waals surface area contributed by atoms with Gasteiger partial charge in [0.05, 0.1) is 22.8 Å². The van der Waals surface area contributed by atoms with Crippen LogP contribution in [0.2, 0.25) is 0 Å². The second-order valence-corrected chi connectivity index (χ2v) is 6.93. The van der Waals surface area contributed by atoms with Crippen LogP contribution in [0.4, 0.5) is 0 Å². The summed E-state index contributed by atoms with van der Waals surface area (Å²) < 4.78 is 1.61. The molecule has 0 amide bonds. The van der Waals surface area contributed by atoms with Crippen LogP contribution in [0.5, 0.6) is 5.75 Å². The van der Waals surface area contributed by atoms with Gasteiger partial charge in [-0.05, 0) is 62.2 Å². The number of nitrogens with zero attached hydrogens (tertiary/aromatic N) is 4. The highest BCUT2D eigenvalue weighted by molar-refractivity contribution is 5.79. The molecule has 0 fully saturated rings. The average molecular weight is 384 g/mol. The van der Waals surface area contributed by atoms with Crippen LogP contribution in [0.15, 0.2) is 53.6 Å². The Labute approximate surface area is 167 Å². The molecule has 29 heavy (non-hydrogen) atoms. The molecule has 0 atom stereocenters. The van der Waals surface area contributed by atoms with Gasteiger partial charge in [-0.1, -0.05) is 18.2 Å². The van der Waals surface area contributed by atoms with E-state index in [4.69, 9.17) is 0 Å². The molecule has 6 nitrogen and oxygen atoms in total. The van der Waals surface area contributed by atoms with Crippen LogP contribution in [0.3, 0.4) is 0 Å². The third-order valence-corrected chi connectivity index (χ3v) is 4.79. The lowest BCUT2D eigenvalue weighted by atomic mass is 10.1. The zero-order valence-corrected chi connectivity index (χ0v) is 16.4. The third kappa shape index (κ3) is 3.40. The molecule has 0 bridgehead atoms. The van der Waals surface area contributed by atoms with Crippen LogP contribution in [0.1, 0.15) is 28.3 Å². The monoisotopic (exact) mass is 384 g/mol. The highest BCUT2D eigenvalue weighted by Crippen LogP contribution is 2.22. The molecule has 0 unspecified atom stereocenters. The quantitative estimate of drug-likeness (QED) is 0.578. The van der Waals surface area contributed by atoms with E-state index < -0.39 is 0 Å². The van der Waals surface area contributed by atoms with E-state index in [0.29, 0.717) is 22.4 Å². The summed E-state index contributed by atoms with van der Waals surface area (Å²) in [7, 11) is 0. The third-order valence-electron chi connectivity index (χ3n) is 4.79. The second-order valence-electron chi connectivity index (χ2n) is 6.93. The molecule has 1 aromatic carbocycles. The first kappa shape index (κ1) is 18.6. The molecule has 0 saturated heterocycles. The standard InChI is InChI=1S/C23H20N4O2/c1-14-5-4-6-15(2)22(14)27-21(10-8-18-20(28)9-7-16(3)25-18)26-19-13-24-12-11-17(19)23(27)29/h4-13,28H,1-3H3/b10-8+. The van der Waals surface area contributed by atoms with Gasteiger partial charge in [0, 0.05) is 11.9 Å². The molecular weight excluding hydrogens is 364 g/mol. The summed E-state index contributed by atoms with van der Waals surface area (Å²) in [5, 5.41) is 10.6. The zero-order chi connectivity index (χ0) is 20.5. The summed E-state index contributed by atoms with van der Waals surface area (Å²) in [4.78, 5) is 26.5. The number of pyridine rings is 2. The van der Waals surface area contributed by atoms with Gasteiger partial charge in [-0.3, -0.25) is 14.3 Å². The van der Waals surface area contributed by atoms with Gasteiger partial charge in [-0.2, -0.15) is 0 Å². The Hall–Kier alpha value is -3.80. The Balaban J connectivity index is 2.01. The van der Waals surface area contributed by atoms with Gasteiger partial charge < -0.3 is 5.11 Å². The van der Waals surface area contributed by atoms with E-state index >= 15 is 0 Å². The Morgan fingerprint density at radius 3 is 2.48 bits per heavy atom. The van der Waals surface area contributed by atoms with Crippen molar-refractivity contribution in [3.8, 4) is 11.4 Å². The Bertz CT molecular complexity index is 1300. The number of para-hydroxylation sites is 1. The van der Waals surface area contributed by atoms with Crippen molar-refractivity contribution in [3.63, 3.8) is 0 Å². The molecule has 6 heteroatoms. The normalized spacial score (nSPS) is 11.4. The van der Waals surface area contributed by atoms with Gasteiger partial charge in [0.25, 0.3) is 5.56 Å². The van der Waals surface area contributed by atoms with Crippen LogP contribution in [0, 0.1) is 20.8 Å². The molecular formula is C23H20N4O2. The molecule has 0 aliphatic heterocycles. The maximum Gasteiger partial charge on any atom is 0.266 e. The van der Waals surface area contributed by atoms with Crippen LogP contribution in [-0.2, 0) is 0 Å². The van der Waals surface area contributed by atoms with Crippen molar-refractivity contribution in [3.05, 3.63) is 87.5 Å². The van der Waals surface area contributed by atoms with Gasteiger partial charge >= 0.3 is 0 Å². The number of aryl methyl sites for hydroxylation is 3. The maximum absolute atomic E-state index is 13.4. The van der Waals surface area contributed by atoms with Crippen molar-refractivity contribution in [2.24, 2.45) is 0 Å². The summed E-state index contributed by atoms with van der Waals surface area (Å²) >= 11 is 0. The van der Waals surface area contributed by atoms with Crippen LogP contribution in [0.25, 0.3) is 28.7 Å². The fourth-order valence-corrected chi connectivity index (χ4v) is 3.39. The SMILES string of the molecule is Cc1ccc(O)c(/C=C/c2nc3cnccc3c(=O)n2-c2c(C)cccc2C)n1. The van der Waals surface area contributed by atoms with E-state index in [1.165, 1.54) is 0 Å². The van der Waals surface area contributed by atoms with E-state index in [1.54, 1.807) is 47.3 Å². The Morgan fingerprint density at radius 2 is 1.72 bits per heavy atom. The lowest BCUT2D eigenvalue weighted by Crippen LogP contribution is -2.24. The summed E-state index contributed by atoms with van der Waals surface area (Å²) in [6.45, 7) is 5.78. The number of rotatable bonds is 3. The van der Waals surface area contributed by atoms with Crippen molar-refractivity contribution in [2.45, 2.75) is 20.8 Å². The molecule has 3 aromatic heterocycles. The molecule has 144 valence electrons. The number of aromatic nitrogens is 4. The lowest BCUT2D eigenvalue weighted by molar-refractivity contribution is 0.471. The highest BCUT2D eigenvalue weighted by Gasteiger charge is 2.15. The summed E-state index contributed by atoms with van der Waals surface area (Å²) in [5.74, 6) is 0.505. The molecule has 0 aliphatic carbocycles. The minimum absolute atomic E-state index is 0.0651. The molecule has 0 spiro atoms. The minimum atomic E-state index is -0.170. The summed E-state index contributed by atoms with van der Waals surface area (Å²) in [6, 6.07) is 10.9. The first-order valence-electron chi connectivity index (χ1n) is 9.24. The fraction of sp³-hybridized carbons (Fsp3) is 0.130. The van der Waals surface area contributed by atoms with Crippen LogP contribution < -0.4 is 5.56 Å². The summed E-state index contributed by atoms with van der Waals surface area (Å²) in [6.07, 6.45) is 6.52. The second kappa shape index (κ2) is 7.31. The molecule has 0 aliphatic rings. The van der Waals surface area contributed by atoms with Crippen LogP contribution in [-0.4, -0.2) is 24.6 Å². The molecule has 4 rings (SSSR count). The molecule has 0 radical (unpaired) electrons. The van der Waals surface area contributed by atoms with E-state index in [1.807, 2.05) is 39.0 Å². The number of hydrogen-bond acceptors (Lipinski definition) is 5. The summed E-state index contributed by atoms with van der Waals surface area (Å²) in [5.41, 5.74) is 4.27. The number of hydrogen-bond donors (Lipinski definition) is 1. The number of aromatic hydroxyl groups is 1. The predicted molar refractivity (Wildman–Crippen MR) is 114 cm³/mol. The number of fused-ring (bicyclic) bond motifs is 1. The molecule has 1 N–H and O–H groups in total. The number of benzene rings is 1. The first-order chi connectivity index (χ1) is 14.0. The van der Waals surface area contributed by atoms with Gasteiger partial charge in [0.15, 0.2) is 0 Å². The van der Waals surface area contributed by atoms with Crippen LogP contribution >= 0.6 is 0 Å². The zero-order valence-electron chi connectivity index (χ0n) is 16.4. The Kier molecular flexibility index (Phi) is 4.68.